The van der Waals surface area contributed by atoms with E-state index < -0.39 is 4.92 Å². The Morgan fingerprint density at radius 1 is 1.24 bits per heavy atom. The lowest BCUT2D eigenvalue weighted by atomic mass is 9.72. The van der Waals surface area contributed by atoms with Crippen molar-refractivity contribution in [2.45, 2.75) is 49.8 Å². The van der Waals surface area contributed by atoms with E-state index in [9.17, 15) is 15.4 Å². The molecule has 0 spiro atoms. The number of nitro groups is 1. The Labute approximate surface area is 202 Å². The fraction of sp³-hybridized carbons (Fsp3) is 0.308. The lowest BCUT2D eigenvalue weighted by Crippen LogP contribution is -2.26. The molecule has 1 atom stereocenters. The number of hydrogen-bond acceptors (Lipinski definition) is 6. The van der Waals surface area contributed by atoms with Crippen LogP contribution in [0, 0.1) is 32.8 Å². The van der Waals surface area contributed by atoms with Gasteiger partial charge in [0, 0.05) is 38.6 Å². The van der Waals surface area contributed by atoms with Gasteiger partial charge in [-0.3, -0.25) is 10.1 Å². The molecule has 1 aliphatic carbocycles. The largest absolute Gasteiger partial charge is 0.270 e. The lowest BCUT2D eigenvalue weighted by Gasteiger charge is -2.33. The van der Waals surface area contributed by atoms with Crippen molar-refractivity contribution in [2.75, 3.05) is 0 Å². The summed E-state index contributed by atoms with van der Waals surface area (Å²) in [5, 5.41) is 21.9. The smallest absolute Gasteiger partial charge is 0.258 e. The topological polar surface area (TPSA) is 79.3 Å². The van der Waals surface area contributed by atoms with E-state index in [1.165, 1.54) is 22.7 Å². The average Bonchev–Trinajstić information content (AvgIpc) is 3.15. The first-order valence-electron chi connectivity index (χ1n) is 10.9. The Kier molecular flexibility index (Phi) is 6.68. The highest BCUT2D eigenvalue weighted by Crippen LogP contribution is 2.45. The van der Waals surface area contributed by atoms with Crippen molar-refractivity contribution in [3.05, 3.63) is 80.2 Å². The number of thiophene rings is 1. The van der Waals surface area contributed by atoms with Crippen LogP contribution in [0.25, 0.3) is 0 Å². The van der Waals surface area contributed by atoms with Crippen LogP contribution in [-0.2, 0) is 12.8 Å². The number of benzene rings is 2. The Hall–Kier alpha value is -2.95. The van der Waals surface area contributed by atoms with Crippen LogP contribution in [0.4, 0.5) is 10.7 Å². The lowest BCUT2D eigenvalue weighted by molar-refractivity contribution is -0.384. The van der Waals surface area contributed by atoms with Crippen LogP contribution in [0.2, 0.25) is 0 Å². The molecule has 168 valence electrons. The summed E-state index contributed by atoms with van der Waals surface area (Å²) in [5.41, 5.74) is 2.70. The van der Waals surface area contributed by atoms with Crippen molar-refractivity contribution < 1.29 is 4.92 Å². The van der Waals surface area contributed by atoms with E-state index >= 15 is 0 Å². The molecule has 7 heteroatoms. The van der Waals surface area contributed by atoms with Crippen LogP contribution in [0.5, 0.6) is 0 Å². The van der Waals surface area contributed by atoms with Crippen LogP contribution in [0.1, 0.15) is 48.8 Å². The maximum absolute atomic E-state index is 11.4. The molecule has 0 fully saturated rings. The van der Waals surface area contributed by atoms with Gasteiger partial charge >= 0.3 is 0 Å². The van der Waals surface area contributed by atoms with Crippen LogP contribution in [0.3, 0.4) is 0 Å². The van der Waals surface area contributed by atoms with Gasteiger partial charge in [-0.05, 0) is 54.4 Å². The summed E-state index contributed by atoms with van der Waals surface area (Å²) < 4.78 is 0. The second-order valence-electron chi connectivity index (χ2n) is 9.25. The molecule has 1 heterocycles. The summed E-state index contributed by atoms with van der Waals surface area (Å²) in [6.07, 6.45) is 4.61. The third-order valence-electron chi connectivity index (χ3n) is 6.08. The molecule has 33 heavy (non-hydrogen) atoms. The summed E-state index contributed by atoms with van der Waals surface area (Å²) in [6, 6.07) is 17.1. The highest BCUT2D eigenvalue weighted by Gasteiger charge is 2.32. The number of nitriles is 1. The molecule has 1 aromatic heterocycles. The number of non-ortho nitro benzene ring substituents is 1. The standard InChI is InChI=1S/C26H25N3O2S2/c1-26(2,3)18-9-11-21-22(15-27)25(33-24(21)14-18)28-16-17-13-19(29(30)31)10-12-23(17)32-20-7-5-4-6-8-20/h4-8,10,12-13,16,18H,9,11,14H2,1-3H3/t18-/m1/s1. The van der Waals surface area contributed by atoms with E-state index in [1.54, 1.807) is 29.7 Å². The molecule has 0 aliphatic heterocycles. The van der Waals surface area contributed by atoms with Crippen molar-refractivity contribution in [3.8, 4) is 6.07 Å². The minimum atomic E-state index is -0.397. The first-order chi connectivity index (χ1) is 15.8. The van der Waals surface area contributed by atoms with Gasteiger partial charge in [-0.1, -0.05) is 50.7 Å². The number of aliphatic imine (C=N–C) groups is 1. The zero-order valence-electron chi connectivity index (χ0n) is 18.9. The van der Waals surface area contributed by atoms with E-state index in [-0.39, 0.29) is 11.1 Å². The second-order valence-corrected chi connectivity index (χ2v) is 11.5. The van der Waals surface area contributed by atoms with Crippen LogP contribution in [0.15, 0.2) is 63.3 Å². The summed E-state index contributed by atoms with van der Waals surface area (Å²) in [7, 11) is 0. The molecule has 2 aromatic carbocycles. The molecule has 0 amide bonds. The number of nitro benzene ring substituents is 1. The summed E-state index contributed by atoms with van der Waals surface area (Å²) in [6.45, 7) is 6.82. The summed E-state index contributed by atoms with van der Waals surface area (Å²) >= 11 is 3.12. The molecule has 5 nitrogen and oxygen atoms in total. The number of fused-ring (bicyclic) bond motifs is 1. The zero-order chi connectivity index (χ0) is 23.6. The summed E-state index contributed by atoms with van der Waals surface area (Å²) in [5.74, 6) is 0.581. The maximum atomic E-state index is 11.4. The minimum absolute atomic E-state index is 0.0212. The fourth-order valence-electron chi connectivity index (χ4n) is 4.10. The normalized spacial score (nSPS) is 15.9. The predicted octanol–water partition coefficient (Wildman–Crippen LogP) is 7.58. The Morgan fingerprint density at radius 2 is 2.00 bits per heavy atom. The Bertz CT molecular complexity index is 1250. The van der Waals surface area contributed by atoms with Gasteiger partial charge < -0.3 is 0 Å². The molecule has 0 radical (unpaired) electrons. The molecule has 0 saturated carbocycles. The molecule has 1 aliphatic rings. The predicted molar refractivity (Wildman–Crippen MR) is 135 cm³/mol. The summed E-state index contributed by atoms with van der Waals surface area (Å²) in [4.78, 5) is 18.8. The first kappa shape index (κ1) is 23.2. The highest BCUT2D eigenvalue weighted by molar-refractivity contribution is 7.99. The van der Waals surface area contributed by atoms with Crippen molar-refractivity contribution >= 4 is 40.0 Å². The van der Waals surface area contributed by atoms with E-state index in [1.807, 2.05) is 30.3 Å². The molecule has 0 unspecified atom stereocenters. The second kappa shape index (κ2) is 9.50. The number of nitrogens with zero attached hydrogens (tertiary/aromatic N) is 3. The van der Waals surface area contributed by atoms with Gasteiger partial charge in [0.15, 0.2) is 0 Å². The van der Waals surface area contributed by atoms with Gasteiger partial charge in [-0.2, -0.15) is 5.26 Å². The minimum Gasteiger partial charge on any atom is -0.258 e. The molecular formula is C26H25N3O2S2. The van der Waals surface area contributed by atoms with E-state index in [4.69, 9.17) is 0 Å². The third-order valence-corrected chi connectivity index (χ3v) is 8.34. The maximum Gasteiger partial charge on any atom is 0.270 e. The molecule has 0 bridgehead atoms. The zero-order valence-corrected chi connectivity index (χ0v) is 20.5. The van der Waals surface area contributed by atoms with Gasteiger partial charge in [-0.15, -0.1) is 11.3 Å². The molecule has 4 rings (SSSR count). The Morgan fingerprint density at radius 3 is 2.67 bits per heavy atom. The van der Waals surface area contributed by atoms with E-state index in [0.717, 1.165) is 34.6 Å². The fourth-order valence-corrected chi connectivity index (χ4v) is 6.24. The highest BCUT2D eigenvalue weighted by atomic mass is 32.2. The van der Waals surface area contributed by atoms with Crippen LogP contribution >= 0.6 is 23.1 Å². The van der Waals surface area contributed by atoms with Gasteiger partial charge in [-0.25, -0.2) is 4.99 Å². The van der Waals surface area contributed by atoms with Gasteiger partial charge in [0.05, 0.1) is 10.5 Å². The first-order valence-corrected chi connectivity index (χ1v) is 12.5. The monoisotopic (exact) mass is 475 g/mol. The van der Waals surface area contributed by atoms with Gasteiger partial charge in [0.1, 0.15) is 11.1 Å². The SMILES string of the molecule is CC(C)(C)[C@@H]1CCc2c(sc(N=Cc3cc([N+](=O)[O-])ccc3Sc3ccccc3)c2C#N)C1. The number of rotatable bonds is 5. The van der Waals surface area contributed by atoms with Gasteiger partial charge in [0.2, 0.25) is 0 Å². The van der Waals surface area contributed by atoms with Crippen molar-refractivity contribution in [1.29, 1.82) is 5.26 Å². The molecule has 0 saturated heterocycles. The quantitative estimate of drug-likeness (QED) is 0.216. The van der Waals surface area contributed by atoms with Crippen LogP contribution in [-0.4, -0.2) is 11.1 Å². The van der Waals surface area contributed by atoms with E-state index in [0.29, 0.717) is 22.0 Å². The molecular weight excluding hydrogens is 450 g/mol. The van der Waals surface area contributed by atoms with Crippen molar-refractivity contribution in [1.82, 2.24) is 0 Å². The number of hydrogen-bond donors (Lipinski definition) is 0. The third kappa shape index (κ3) is 5.18. The average molecular weight is 476 g/mol. The van der Waals surface area contributed by atoms with Gasteiger partial charge in [0.25, 0.3) is 5.69 Å². The Balaban J connectivity index is 1.69. The van der Waals surface area contributed by atoms with Crippen molar-refractivity contribution in [2.24, 2.45) is 16.3 Å². The molecule has 3 aromatic rings. The van der Waals surface area contributed by atoms with Crippen molar-refractivity contribution in [3.63, 3.8) is 0 Å². The van der Waals surface area contributed by atoms with E-state index in [2.05, 4.69) is 31.8 Å². The van der Waals surface area contributed by atoms with Crippen LogP contribution < -0.4 is 0 Å². The molecule has 0 N–H and O–H groups in total.